The van der Waals surface area contributed by atoms with Gasteiger partial charge in [0.05, 0.1) is 17.1 Å². The molecule has 0 bridgehead atoms. The van der Waals surface area contributed by atoms with E-state index in [4.69, 9.17) is 4.74 Å². The number of hydrogen-bond donors (Lipinski definition) is 2. The van der Waals surface area contributed by atoms with Crippen molar-refractivity contribution in [3.63, 3.8) is 0 Å². The average molecular weight is 409 g/mol. The molecule has 0 aliphatic carbocycles. The molecule has 0 radical (unpaired) electrons. The van der Waals surface area contributed by atoms with Crippen molar-refractivity contribution in [1.29, 1.82) is 0 Å². The highest BCUT2D eigenvalue weighted by molar-refractivity contribution is 9.10. The molecule has 1 aromatic carbocycles. The van der Waals surface area contributed by atoms with Crippen LogP contribution in [0.15, 0.2) is 10.5 Å². The molecule has 1 amide bonds. The molecule has 2 rings (SSSR count). The van der Waals surface area contributed by atoms with Crippen LogP contribution < -0.4 is 10.1 Å². The monoisotopic (exact) mass is 408 g/mol. The van der Waals surface area contributed by atoms with E-state index in [1.54, 1.807) is 7.11 Å². The Balaban J connectivity index is 2.59. The molecule has 2 N–H and O–H groups in total. The second-order valence-electron chi connectivity index (χ2n) is 6.18. The lowest BCUT2D eigenvalue weighted by molar-refractivity contribution is -0.118. The third-order valence-electron chi connectivity index (χ3n) is 4.30. The number of halogens is 1. The van der Waals surface area contributed by atoms with Gasteiger partial charge in [-0.05, 0) is 47.3 Å². The van der Waals surface area contributed by atoms with Gasteiger partial charge in [-0.3, -0.25) is 9.59 Å². The molecule has 0 saturated heterocycles. The molecular formula is C19H25BrN2O3. The third-order valence-corrected chi connectivity index (χ3v) is 4.89. The van der Waals surface area contributed by atoms with Crippen molar-refractivity contribution >= 4 is 38.5 Å². The Morgan fingerprint density at radius 3 is 2.68 bits per heavy atom. The van der Waals surface area contributed by atoms with Gasteiger partial charge in [0.2, 0.25) is 5.91 Å². The summed E-state index contributed by atoms with van der Waals surface area (Å²) < 4.78 is 6.30. The fraction of sp³-hybridized carbons (Fsp3) is 0.474. The van der Waals surface area contributed by atoms with Crippen LogP contribution >= 0.6 is 15.9 Å². The fourth-order valence-corrected chi connectivity index (χ4v) is 3.70. The Morgan fingerprint density at radius 2 is 2.08 bits per heavy atom. The summed E-state index contributed by atoms with van der Waals surface area (Å²) in [5.41, 5.74) is 3.59. The van der Waals surface area contributed by atoms with Crippen molar-refractivity contribution in [1.82, 2.24) is 10.3 Å². The van der Waals surface area contributed by atoms with E-state index in [1.165, 1.54) is 6.92 Å². The summed E-state index contributed by atoms with van der Waals surface area (Å²) in [6, 6.07) is 1.94. The topological polar surface area (TPSA) is 71.2 Å². The fourth-order valence-electron chi connectivity index (χ4n) is 3.11. The number of fused-ring (bicyclic) bond motifs is 1. The maximum atomic E-state index is 12.9. The molecule has 136 valence electrons. The van der Waals surface area contributed by atoms with Crippen LogP contribution in [0.3, 0.4) is 0 Å². The smallest absolute Gasteiger partial charge is 0.216 e. The van der Waals surface area contributed by atoms with Gasteiger partial charge in [0, 0.05) is 36.5 Å². The van der Waals surface area contributed by atoms with E-state index in [0.717, 1.165) is 39.5 Å². The zero-order valence-electron chi connectivity index (χ0n) is 15.2. The zero-order chi connectivity index (χ0) is 18.6. The summed E-state index contributed by atoms with van der Waals surface area (Å²) in [5, 5.41) is 3.73. The lowest BCUT2D eigenvalue weighted by atomic mass is 9.96. The highest BCUT2D eigenvalue weighted by Crippen LogP contribution is 2.39. The van der Waals surface area contributed by atoms with Crippen LogP contribution in [0.5, 0.6) is 5.75 Å². The van der Waals surface area contributed by atoms with Crippen molar-refractivity contribution in [2.45, 2.75) is 46.5 Å². The first-order chi connectivity index (χ1) is 11.9. The van der Waals surface area contributed by atoms with Gasteiger partial charge in [0.1, 0.15) is 5.75 Å². The van der Waals surface area contributed by atoms with Gasteiger partial charge < -0.3 is 15.0 Å². The highest BCUT2D eigenvalue weighted by Gasteiger charge is 2.23. The predicted octanol–water partition coefficient (Wildman–Crippen LogP) is 4.30. The highest BCUT2D eigenvalue weighted by atomic mass is 79.9. The molecule has 2 aromatic rings. The molecule has 25 heavy (non-hydrogen) atoms. The molecule has 5 nitrogen and oxygen atoms in total. The summed E-state index contributed by atoms with van der Waals surface area (Å²) >= 11 is 3.52. The molecule has 0 atom stereocenters. The molecule has 0 saturated carbocycles. The van der Waals surface area contributed by atoms with E-state index in [9.17, 15) is 9.59 Å². The quantitative estimate of drug-likeness (QED) is 0.639. The van der Waals surface area contributed by atoms with E-state index < -0.39 is 0 Å². The van der Waals surface area contributed by atoms with Crippen molar-refractivity contribution in [3.05, 3.63) is 27.4 Å². The Hall–Kier alpha value is -1.82. The van der Waals surface area contributed by atoms with E-state index in [1.807, 2.05) is 13.0 Å². The number of benzene rings is 1. The minimum Gasteiger partial charge on any atom is -0.495 e. The third kappa shape index (κ3) is 4.24. The summed E-state index contributed by atoms with van der Waals surface area (Å²) in [4.78, 5) is 27.4. The SMILES string of the molecule is CCCCC(=O)c1c(OC)c(Br)cc2[nH]c(C)c(CCNC(C)=O)c12. The van der Waals surface area contributed by atoms with Gasteiger partial charge in [-0.15, -0.1) is 0 Å². The van der Waals surface area contributed by atoms with Crippen molar-refractivity contribution in [2.24, 2.45) is 0 Å². The average Bonchev–Trinajstić information content (AvgIpc) is 2.86. The number of hydrogen-bond acceptors (Lipinski definition) is 3. The van der Waals surface area contributed by atoms with Crippen LogP contribution in [0.1, 0.15) is 54.7 Å². The molecule has 0 unspecified atom stereocenters. The number of amides is 1. The number of methoxy groups -OCH3 is 1. The summed E-state index contributed by atoms with van der Waals surface area (Å²) in [7, 11) is 1.58. The number of carbonyl (C=O) groups excluding carboxylic acids is 2. The Bertz CT molecular complexity index is 796. The van der Waals surface area contributed by atoms with Gasteiger partial charge in [0.25, 0.3) is 0 Å². The van der Waals surface area contributed by atoms with Crippen LogP contribution in [-0.4, -0.2) is 30.3 Å². The first-order valence-corrected chi connectivity index (χ1v) is 9.35. The number of carbonyl (C=O) groups is 2. The minimum atomic E-state index is -0.0583. The molecule has 0 aliphatic heterocycles. The first-order valence-electron chi connectivity index (χ1n) is 8.55. The van der Waals surface area contributed by atoms with Crippen molar-refractivity contribution in [2.75, 3.05) is 13.7 Å². The van der Waals surface area contributed by atoms with E-state index in [0.29, 0.717) is 30.7 Å². The van der Waals surface area contributed by atoms with Crippen LogP contribution in [0.2, 0.25) is 0 Å². The zero-order valence-corrected chi connectivity index (χ0v) is 16.8. The van der Waals surface area contributed by atoms with Crippen LogP contribution in [0.25, 0.3) is 10.9 Å². The van der Waals surface area contributed by atoms with Gasteiger partial charge in [-0.1, -0.05) is 13.3 Å². The van der Waals surface area contributed by atoms with Gasteiger partial charge in [-0.25, -0.2) is 0 Å². The predicted molar refractivity (Wildman–Crippen MR) is 104 cm³/mol. The van der Waals surface area contributed by atoms with Crippen molar-refractivity contribution < 1.29 is 14.3 Å². The standard InChI is InChI=1S/C19H25BrN2O3/c1-5-6-7-16(24)18-17-13(8-9-21-12(3)23)11(2)22-15(17)10-14(20)19(18)25-4/h10,22H,5-9H2,1-4H3,(H,21,23). The molecule has 1 heterocycles. The number of H-pyrrole nitrogens is 1. The van der Waals surface area contributed by atoms with Crippen LogP contribution in [0.4, 0.5) is 0 Å². The summed E-state index contributed by atoms with van der Waals surface area (Å²) in [5.74, 6) is 0.607. The number of aryl methyl sites for hydroxylation is 1. The molecule has 6 heteroatoms. The largest absolute Gasteiger partial charge is 0.495 e. The van der Waals surface area contributed by atoms with Gasteiger partial charge in [0.15, 0.2) is 5.78 Å². The normalized spacial score (nSPS) is 10.9. The number of unbranched alkanes of at least 4 members (excludes halogenated alkanes) is 1. The Morgan fingerprint density at radius 1 is 1.36 bits per heavy atom. The Kier molecular flexibility index (Phi) is 6.64. The van der Waals surface area contributed by atoms with Crippen LogP contribution in [-0.2, 0) is 11.2 Å². The first kappa shape index (κ1) is 19.5. The molecule has 0 spiro atoms. The minimum absolute atomic E-state index is 0.0583. The number of Topliss-reactive ketones (excluding diaryl/α,β-unsaturated/α-hetero) is 1. The number of ketones is 1. The van der Waals surface area contributed by atoms with E-state index in [2.05, 4.69) is 33.2 Å². The Labute approximate surface area is 156 Å². The molecule has 0 fully saturated rings. The molecule has 1 aromatic heterocycles. The number of aromatic nitrogens is 1. The lowest BCUT2D eigenvalue weighted by Crippen LogP contribution is -2.22. The molecule has 0 aliphatic rings. The summed E-state index contributed by atoms with van der Waals surface area (Å²) in [6.45, 7) is 6.09. The van der Waals surface area contributed by atoms with E-state index >= 15 is 0 Å². The van der Waals surface area contributed by atoms with Gasteiger partial charge >= 0.3 is 0 Å². The van der Waals surface area contributed by atoms with Crippen LogP contribution in [0, 0.1) is 6.92 Å². The number of ether oxygens (including phenoxy) is 1. The van der Waals surface area contributed by atoms with Crippen molar-refractivity contribution in [3.8, 4) is 5.75 Å². The number of aromatic amines is 1. The van der Waals surface area contributed by atoms with E-state index in [-0.39, 0.29) is 11.7 Å². The second kappa shape index (κ2) is 8.52. The number of rotatable bonds is 8. The number of nitrogens with one attached hydrogen (secondary N) is 2. The maximum absolute atomic E-state index is 12.9. The van der Waals surface area contributed by atoms with Gasteiger partial charge in [-0.2, -0.15) is 0 Å². The lowest BCUT2D eigenvalue weighted by Gasteiger charge is -2.13. The molecular weight excluding hydrogens is 384 g/mol. The summed E-state index contributed by atoms with van der Waals surface area (Å²) in [6.07, 6.45) is 2.96. The maximum Gasteiger partial charge on any atom is 0.216 e. The second-order valence-corrected chi connectivity index (χ2v) is 7.03.